The third-order valence-electron chi connectivity index (χ3n) is 4.83. The van der Waals surface area contributed by atoms with Crippen molar-refractivity contribution in [1.82, 2.24) is 9.62 Å². The second-order valence-electron chi connectivity index (χ2n) is 6.04. The molecule has 0 bridgehead atoms. The lowest BCUT2D eigenvalue weighted by molar-refractivity contribution is 0.0724. The lowest BCUT2D eigenvalue weighted by atomic mass is 10.0. The van der Waals surface area contributed by atoms with Gasteiger partial charge >= 0.3 is 0 Å². The average molecular weight is 322 g/mol. The maximum absolute atomic E-state index is 12.7. The number of nitrogens with one attached hydrogen (secondary N) is 1. The van der Waals surface area contributed by atoms with Gasteiger partial charge in [0.1, 0.15) is 0 Å². The van der Waals surface area contributed by atoms with E-state index in [-0.39, 0.29) is 11.2 Å². The topological polar surface area (TPSA) is 66.5 Å². The van der Waals surface area contributed by atoms with Crippen molar-refractivity contribution in [1.29, 1.82) is 0 Å². The van der Waals surface area contributed by atoms with Gasteiger partial charge in [0.25, 0.3) is 5.91 Å². The van der Waals surface area contributed by atoms with Crippen LogP contribution < -0.4 is 4.72 Å². The summed E-state index contributed by atoms with van der Waals surface area (Å²) < 4.78 is 26.1. The molecule has 1 aliphatic heterocycles. The molecule has 22 heavy (non-hydrogen) atoms. The fraction of sp³-hybridized carbons (Fsp3) is 0.562. The first-order valence-electron chi connectivity index (χ1n) is 7.85. The summed E-state index contributed by atoms with van der Waals surface area (Å²) in [6.45, 7) is 1.02. The first-order chi connectivity index (χ1) is 10.5. The normalized spacial score (nSPS) is 19.2. The molecule has 120 valence electrons. The van der Waals surface area contributed by atoms with E-state index in [9.17, 15) is 13.2 Å². The van der Waals surface area contributed by atoms with Crippen LogP contribution in [0.3, 0.4) is 0 Å². The molecule has 0 radical (unpaired) electrons. The van der Waals surface area contributed by atoms with Crippen LogP contribution in [0.4, 0.5) is 0 Å². The number of carbonyl (C=O) groups is 1. The summed E-state index contributed by atoms with van der Waals surface area (Å²) in [7, 11) is -1.79. The van der Waals surface area contributed by atoms with E-state index >= 15 is 0 Å². The molecule has 1 saturated heterocycles. The largest absolute Gasteiger partial charge is 0.339 e. The molecule has 5 nitrogen and oxygen atoms in total. The van der Waals surface area contributed by atoms with Gasteiger partial charge in [0.2, 0.25) is 10.0 Å². The van der Waals surface area contributed by atoms with Crippen molar-refractivity contribution in [3.05, 3.63) is 34.9 Å². The zero-order valence-electron chi connectivity index (χ0n) is 12.8. The number of benzene rings is 1. The van der Waals surface area contributed by atoms with Gasteiger partial charge in [0, 0.05) is 18.7 Å². The summed E-state index contributed by atoms with van der Waals surface area (Å²) in [5, 5.41) is -0.386. The Bertz CT molecular complexity index is 677. The molecule has 1 N–H and O–H groups in total. The highest BCUT2D eigenvalue weighted by Crippen LogP contribution is 2.27. The highest BCUT2D eigenvalue weighted by atomic mass is 32.2. The van der Waals surface area contributed by atoms with Gasteiger partial charge in [0.05, 0.1) is 5.25 Å². The fourth-order valence-corrected chi connectivity index (χ4v) is 4.69. The van der Waals surface area contributed by atoms with Crippen molar-refractivity contribution in [3.63, 3.8) is 0 Å². The third-order valence-corrected chi connectivity index (χ3v) is 6.75. The van der Waals surface area contributed by atoms with E-state index < -0.39 is 10.0 Å². The number of fused-ring (bicyclic) bond motifs is 1. The van der Waals surface area contributed by atoms with Crippen LogP contribution in [-0.2, 0) is 22.9 Å². The lowest BCUT2D eigenvalue weighted by Gasteiger charge is -2.32. The number of amides is 1. The zero-order chi connectivity index (χ0) is 15.7. The Morgan fingerprint density at radius 1 is 1.23 bits per heavy atom. The van der Waals surface area contributed by atoms with Crippen LogP contribution in [0, 0.1) is 0 Å². The maximum atomic E-state index is 12.7. The second kappa shape index (κ2) is 6.01. The van der Waals surface area contributed by atoms with Crippen molar-refractivity contribution in [2.24, 2.45) is 0 Å². The molecule has 1 fully saturated rings. The van der Waals surface area contributed by atoms with E-state index in [0.717, 1.165) is 24.8 Å². The zero-order valence-corrected chi connectivity index (χ0v) is 13.7. The van der Waals surface area contributed by atoms with Crippen molar-refractivity contribution in [2.45, 2.75) is 37.4 Å². The Labute approximate surface area is 131 Å². The molecule has 1 heterocycles. The first-order valence-corrected chi connectivity index (χ1v) is 9.40. The third kappa shape index (κ3) is 2.77. The van der Waals surface area contributed by atoms with Gasteiger partial charge in [-0.3, -0.25) is 4.79 Å². The highest BCUT2D eigenvalue weighted by molar-refractivity contribution is 7.90. The standard InChI is InChI=1S/C16H22N2O3S/c1-17-22(20,21)13-8-10-18(11-9-13)16(19)15-7-3-5-12-4-2-6-14(12)15/h3,5,7,13,17H,2,4,6,8-11H2,1H3. The molecule has 1 aromatic carbocycles. The fourth-order valence-electron chi connectivity index (χ4n) is 3.53. The lowest BCUT2D eigenvalue weighted by Crippen LogP contribution is -2.45. The van der Waals surface area contributed by atoms with Gasteiger partial charge < -0.3 is 4.90 Å². The minimum atomic E-state index is -3.23. The van der Waals surface area contributed by atoms with E-state index in [2.05, 4.69) is 10.8 Å². The van der Waals surface area contributed by atoms with Crippen molar-refractivity contribution >= 4 is 15.9 Å². The van der Waals surface area contributed by atoms with E-state index in [1.807, 2.05) is 12.1 Å². The van der Waals surface area contributed by atoms with E-state index in [1.165, 1.54) is 18.2 Å². The molecular formula is C16H22N2O3S. The van der Waals surface area contributed by atoms with Crippen LogP contribution in [0.25, 0.3) is 0 Å². The monoisotopic (exact) mass is 322 g/mol. The van der Waals surface area contributed by atoms with Gasteiger partial charge in [-0.25, -0.2) is 13.1 Å². The maximum Gasteiger partial charge on any atom is 0.254 e. The Morgan fingerprint density at radius 2 is 1.95 bits per heavy atom. The van der Waals surface area contributed by atoms with Gasteiger partial charge in [-0.1, -0.05) is 12.1 Å². The summed E-state index contributed by atoms with van der Waals surface area (Å²) in [6.07, 6.45) is 4.15. The predicted molar refractivity (Wildman–Crippen MR) is 85.4 cm³/mol. The molecule has 1 aromatic rings. The molecule has 1 amide bonds. The van der Waals surface area contributed by atoms with E-state index in [0.29, 0.717) is 25.9 Å². The van der Waals surface area contributed by atoms with Crippen LogP contribution in [0.1, 0.15) is 40.7 Å². The molecule has 0 unspecified atom stereocenters. The molecule has 0 spiro atoms. The number of hydrogen-bond acceptors (Lipinski definition) is 3. The molecule has 3 rings (SSSR count). The average Bonchev–Trinajstić information content (AvgIpc) is 3.03. The summed E-state index contributed by atoms with van der Waals surface area (Å²) in [4.78, 5) is 14.5. The SMILES string of the molecule is CNS(=O)(=O)C1CCN(C(=O)c2cccc3c2CCC3)CC1. The van der Waals surface area contributed by atoms with Crippen molar-refractivity contribution in [2.75, 3.05) is 20.1 Å². The minimum absolute atomic E-state index is 0.0547. The Morgan fingerprint density at radius 3 is 2.64 bits per heavy atom. The van der Waals surface area contributed by atoms with Gasteiger partial charge in [-0.05, 0) is 56.3 Å². The number of rotatable bonds is 3. The van der Waals surface area contributed by atoms with Crippen LogP contribution >= 0.6 is 0 Å². The summed E-state index contributed by atoms with van der Waals surface area (Å²) >= 11 is 0. The molecule has 0 atom stereocenters. The van der Waals surface area contributed by atoms with Crippen LogP contribution in [0.2, 0.25) is 0 Å². The van der Waals surface area contributed by atoms with E-state index in [4.69, 9.17) is 0 Å². The Hall–Kier alpha value is -1.40. The molecule has 2 aliphatic rings. The second-order valence-corrected chi connectivity index (χ2v) is 8.20. The number of likely N-dealkylation sites (tertiary alicyclic amines) is 1. The van der Waals surface area contributed by atoms with Gasteiger partial charge in [0.15, 0.2) is 0 Å². The first kappa shape index (κ1) is 15.5. The Balaban J connectivity index is 1.72. The number of nitrogens with zero attached hydrogens (tertiary/aromatic N) is 1. The molecular weight excluding hydrogens is 300 g/mol. The van der Waals surface area contributed by atoms with Crippen LogP contribution in [0.15, 0.2) is 18.2 Å². The molecule has 6 heteroatoms. The van der Waals surface area contributed by atoms with Gasteiger partial charge in [-0.15, -0.1) is 0 Å². The number of aryl methyl sites for hydroxylation is 1. The summed E-state index contributed by atoms with van der Waals surface area (Å²) in [5.41, 5.74) is 3.29. The van der Waals surface area contributed by atoms with Crippen molar-refractivity contribution in [3.8, 4) is 0 Å². The van der Waals surface area contributed by atoms with Crippen molar-refractivity contribution < 1.29 is 13.2 Å². The quantitative estimate of drug-likeness (QED) is 0.913. The number of hydrogen-bond donors (Lipinski definition) is 1. The smallest absolute Gasteiger partial charge is 0.254 e. The Kier molecular flexibility index (Phi) is 4.23. The molecule has 1 aliphatic carbocycles. The van der Waals surface area contributed by atoms with E-state index in [1.54, 1.807) is 4.90 Å². The molecule has 0 aromatic heterocycles. The molecule has 0 saturated carbocycles. The summed E-state index contributed by atoms with van der Waals surface area (Å²) in [5.74, 6) is 0.0547. The number of sulfonamides is 1. The number of piperidine rings is 1. The minimum Gasteiger partial charge on any atom is -0.339 e. The summed E-state index contributed by atoms with van der Waals surface area (Å²) in [6, 6.07) is 5.96. The predicted octanol–water partition coefficient (Wildman–Crippen LogP) is 1.33. The number of carbonyl (C=O) groups excluding carboxylic acids is 1. The van der Waals surface area contributed by atoms with Crippen LogP contribution in [0.5, 0.6) is 0 Å². The highest BCUT2D eigenvalue weighted by Gasteiger charge is 2.32. The van der Waals surface area contributed by atoms with Gasteiger partial charge in [-0.2, -0.15) is 0 Å². The van der Waals surface area contributed by atoms with Crippen LogP contribution in [-0.4, -0.2) is 44.6 Å².